The van der Waals surface area contributed by atoms with Crippen LogP contribution in [0.15, 0.2) is 12.7 Å². The number of carbonyl (C=O) groups excluding carboxylic acids is 2. The van der Waals surface area contributed by atoms with Gasteiger partial charge in [0.05, 0.1) is 6.10 Å². The van der Waals surface area contributed by atoms with Gasteiger partial charge in [0.15, 0.2) is 0 Å². The quantitative estimate of drug-likeness (QED) is 0.379. The number of rotatable bonds is 8. The number of carbonyl (C=O) groups is 2. The minimum absolute atomic E-state index is 0.0437. The number of hydrogen-bond donors (Lipinski definition) is 0. The maximum atomic E-state index is 12.2. The number of esters is 1. The first-order valence-electron chi connectivity index (χ1n) is 6.72. The number of ether oxygens (including phenoxy) is 1. The molecule has 0 aromatic carbocycles. The van der Waals surface area contributed by atoms with Crippen molar-refractivity contribution in [2.75, 3.05) is 0 Å². The second kappa shape index (κ2) is 8.06. The highest BCUT2D eigenvalue weighted by Gasteiger charge is 2.34. The van der Waals surface area contributed by atoms with Crippen LogP contribution in [0.5, 0.6) is 0 Å². The van der Waals surface area contributed by atoms with Gasteiger partial charge in [-0.15, -0.1) is 6.58 Å². The number of ketones is 1. The molecule has 0 aliphatic rings. The molecule has 104 valence electrons. The maximum absolute atomic E-state index is 12.2. The topological polar surface area (TPSA) is 43.4 Å². The first-order chi connectivity index (χ1) is 8.34. The zero-order valence-corrected chi connectivity index (χ0v) is 12.2. The van der Waals surface area contributed by atoms with Crippen LogP contribution < -0.4 is 0 Å². The molecule has 2 atom stereocenters. The zero-order chi connectivity index (χ0) is 14.3. The molecule has 0 fully saturated rings. The molecule has 0 aromatic heterocycles. The zero-order valence-electron chi connectivity index (χ0n) is 12.2. The highest BCUT2D eigenvalue weighted by atomic mass is 16.5. The molecule has 0 bridgehead atoms. The molecule has 0 saturated carbocycles. The Morgan fingerprint density at radius 2 is 1.78 bits per heavy atom. The molecule has 0 aliphatic carbocycles. The fourth-order valence-electron chi connectivity index (χ4n) is 2.18. The third-order valence-electron chi connectivity index (χ3n) is 2.95. The Morgan fingerprint density at radius 1 is 1.22 bits per heavy atom. The summed E-state index contributed by atoms with van der Waals surface area (Å²) in [5, 5.41) is 0. The van der Waals surface area contributed by atoms with Gasteiger partial charge in [0.2, 0.25) is 5.78 Å². The van der Waals surface area contributed by atoms with Crippen LogP contribution in [0.25, 0.3) is 0 Å². The van der Waals surface area contributed by atoms with Crippen molar-refractivity contribution in [1.29, 1.82) is 0 Å². The SMILES string of the molecule is C=C[C@H](CCC)[C@@H](C(=O)C(=O)OC(C)C)C(C)C. The molecule has 3 heteroatoms. The molecule has 0 N–H and O–H groups in total. The van der Waals surface area contributed by atoms with E-state index in [1.807, 2.05) is 13.8 Å². The molecule has 0 aliphatic heterocycles. The van der Waals surface area contributed by atoms with E-state index in [0.717, 1.165) is 12.8 Å². The predicted octanol–water partition coefficient (Wildman–Crippen LogP) is 3.38. The molecule has 0 aromatic rings. The van der Waals surface area contributed by atoms with Crippen LogP contribution in [0.2, 0.25) is 0 Å². The highest BCUT2D eigenvalue weighted by molar-refractivity contribution is 6.34. The standard InChI is InChI=1S/C15H26O3/c1-7-9-12(8-2)13(10(3)4)14(16)15(17)18-11(5)6/h8,10-13H,2,7,9H2,1,3-6H3/t12-,13+/m1/s1. The van der Waals surface area contributed by atoms with Crippen molar-refractivity contribution in [1.82, 2.24) is 0 Å². The lowest BCUT2D eigenvalue weighted by Gasteiger charge is -2.26. The van der Waals surface area contributed by atoms with Crippen molar-refractivity contribution in [3.63, 3.8) is 0 Å². The molecule has 0 saturated heterocycles. The lowest BCUT2D eigenvalue weighted by molar-refractivity contribution is -0.159. The lowest BCUT2D eigenvalue weighted by Crippen LogP contribution is -2.35. The second-order valence-electron chi connectivity index (χ2n) is 5.28. The van der Waals surface area contributed by atoms with E-state index in [4.69, 9.17) is 4.74 Å². The van der Waals surface area contributed by atoms with E-state index >= 15 is 0 Å². The average Bonchev–Trinajstić information content (AvgIpc) is 2.26. The highest BCUT2D eigenvalue weighted by Crippen LogP contribution is 2.27. The predicted molar refractivity (Wildman–Crippen MR) is 73.2 cm³/mol. The van der Waals surface area contributed by atoms with E-state index in [1.54, 1.807) is 19.9 Å². The van der Waals surface area contributed by atoms with Gasteiger partial charge in [0.25, 0.3) is 0 Å². The van der Waals surface area contributed by atoms with Gasteiger partial charge in [-0.3, -0.25) is 4.79 Å². The summed E-state index contributed by atoms with van der Waals surface area (Å²) in [7, 11) is 0. The van der Waals surface area contributed by atoms with Crippen LogP contribution in [0.1, 0.15) is 47.5 Å². The van der Waals surface area contributed by atoms with E-state index in [9.17, 15) is 9.59 Å². The van der Waals surface area contributed by atoms with Gasteiger partial charge in [-0.05, 0) is 32.1 Å². The smallest absolute Gasteiger partial charge is 0.375 e. The van der Waals surface area contributed by atoms with E-state index in [-0.39, 0.29) is 23.9 Å². The molecule has 18 heavy (non-hydrogen) atoms. The van der Waals surface area contributed by atoms with Gasteiger partial charge in [0.1, 0.15) is 0 Å². The summed E-state index contributed by atoms with van der Waals surface area (Å²) in [5.74, 6) is -1.31. The summed E-state index contributed by atoms with van der Waals surface area (Å²) in [5.41, 5.74) is 0. The Balaban J connectivity index is 4.93. The van der Waals surface area contributed by atoms with Crippen LogP contribution in [0.4, 0.5) is 0 Å². The van der Waals surface area contributed by atoms with Crippen LogP contribution in [-0.4, -0.2) is 17.9 Å². The second-order valence-corrected chi connectivity index (χ2v) is 5.28. The number of Topliss-reactive ketones (excluding diaryl/α,β-unsaturated/α-hetero) is 1. The molecule has 0 unspecified atom stereocenters. The van der Waals surface area contributed by atoms with Gasteiger partial charge >= 0.3 is 5.97 Å². The minimum atomic E-state index is -0.716. The van der Waals surface area contributed by atoms with E-state index in [1.165, 1.54) is 0 Å². The molecule has 0 rings (SSSR count). The minimum Gasteiger partial charge on any atom is -0.457 e. The van der Waals surface area contributed by atoms with Crippen molar-refractivity contribution < 1.29 is 14.3 Å². The van der Waals surface area contributed by atoms with Crippen LogP contribution >= 0.6 is 0 Å². The van der Waals surface area contributed by atoms with Crippen molar-refractivity contribution in [3.05, 3.63) is 12.7 Å². The Bertz CT molecular complexity index is 292. The van der Waals surface area contributed by atoms with Gasteiger partial charge < -0.3 is 4.74 Å². The van der Waals surface area contributed by atoms with Gasteiger partial charge in [-0.1, -0.05) is 33.3 Å². The monoisotopic (exact) mass is 254 g/mol. The van der Waals surface area contributed by atoms with Crippen LogP contribution in [0.3, 0.4) is 0 Å². The number of hydrogen-bond acceptors (Lipinski definition) is 3. The Labute approximate surface area is 111 Å². The molecule has 0 heterocycles. The third-order valence-corrected chi connectivity index (χ3v) is 2.95. The Hall–Kier alpha value is -1.12. The fraction of sp³-hybridized carbons (Fsp3) is 0.733. The summed E-state index contributed by atoms with van der Waals surface area (Å²) in [6.45, 7) is 13.2. The summed E-state index contributed by atoms with van der Waals surface area (Å²) in [4.78, 5) is 23.9. The molecule has 0 amide bonds. The van der Waals surface area contributed by atoms with Crippen molar-refractivity contribution in [2.24, 2.45) is 17.8 Å². The van der Waals surface area contributed by atoms with Crippen molar-refractivity contribution in [2.45, 2.75) is 53.6 Å². The van der Waals surface area contributed by atoms with Gasteiger partial charge in [0, 0.05) is 5.92 Å². The Kier molecular flexibility index (Phi) is 7.56. The fourth-order valence-corrected chi connectivity index (χ4v) is 2.18. The summed E-state index contributed by atoms with van der Waals surface area (Å²) in [6, 6.07) is 0. The summed E-state index contributed by atoms with van der Waals surface area (Å²) < 4.78 is 4.99. The van der Waals surface area contributed by atoms with E-state index in [2.05, 4.69) is 13.5 Å². The van der Waals surface area contributed by atoms with Crippen molar-refractivity contribution in [3.8, 4) is 0 Å². The van der Waals surface area contributed by atoms with Crippen LogP contribution in [0, 0.1) is 17.8 Å². The van der Waals surface area contributed by atoms with Crippen LogP contribution in [-0.2, 0) is 14.3 Å². The molecule has 0 radical (unpaired) electrons. The lowest BCUT2D eigenvalue weighted by atomic mass is 9.78. The third kappa shape index (κ3) is 5.03. The van der Waals surface area contributed by atoms with E-state index < -0.39 is 11.8 Å². The van der Waals surface area contributed by atoms with E-state index in [0.29, 0.717) is 0 Å². The first-order valence-corrected chi connectivity index (χ1v) is 6.72. The molecule has 0 spiro atoms. The van der Waals surface area contributed by atoms with Gasteiger partial charge in [-0.25, -0.2) is 4.79 Å². The summed E-state index contributed by atoms with van der Waals surface area (Å²) >= 11 is 0. The molecular weight excluding hydrogens is 228 g/mol. The maximum Gasteiger partial charge on any atom is 0.375 e. The number of allylic oxidation sites excluding steroid dienone is 1. The largest absolute Gasteiger partial charge is 0.457 e. The Morgan fingerprint density at radius 3 is 2.11 bits per heavy atom. The molecular formula is C15H26O3. The van der Waals surface area contributed by atoms with Crippen molar-refractivity contribution >= 4 is 11.8 Å². The normalized spacial score (nSPS) is 14.4. The average molecular weight is 254 g/mol. The summed E-state index contributed by atoms with van der Waals surface area (Å²) in [6.07, 6.45) is 3.36. The first kappa shape index (κ1) is 16.9. The molecule has 3 nitrogen and oxygen atoms in total. The van der Waals surface area contributed by atoms with Gasteiger partial charge in [-0.2, -0.15) is 0 Å².